The lowest BCUT2D eigenvalue weighted by Crippen LogP contribution is -2.49. The van der Waals surface area contributed by atoms with E-state index in [2.05, 4.69) is 102 Å². The molecule has 2 nitrogen and oxygen atoms in total. The molecule has 0 spiro atoms. The second kappa shape index (κ2) is 14.0. The Kier molecular flexibility index (Phi) is 10.2. The predicted molar refractivity (Wildman–Crippen MR) is 175 cm³/mol. The molecule has 1 aliphatic heterocycles. The molecule has 4 aromatic carbocycles. The molecule has 1 N–H and O–H groups in total. The highest BCUT2D eigenvalue weighted by atomic mass is 35.5. The average Bonchev–Trinajstić information content (AvgIpc) is 3.03. The quantitative estimate of drug-likeness (QED) is 0.132. The molecule has 0 atom stereocenters. The summed E-state index contributed by atoms with van der Waals surface area (Å²) in [6.45, 7) is 7.60. The molecule has 1 saturated heterocycles. The number of halogens is 2. The molecular formula is C37H42Cl2N2. The standard InChI is InChI=1S/C37H42Cl2N2/c1-2-3-25-40-29-36(30-10-6-4-7-11-30)22-26-41(27-23-36)28-24-37(31-12-8-5-9-13-31,32-14-18-34(38)19-15-32)33-16-20-35(39)21-17-33/h4-21,40H,2-3,22-29H2,1H3. The highest BCUT2D eigenvalue weighted by Gasteiger charge is 2.39. The average molecular weight is 586 g/mol. The summed E-state index contributed by atoms with van der Waals surface area (Å²) < 4.78 is 0. The smallest absolute Gasteiger partial charge is 0.0463 e. The van der Waals surface area contributed by atoms with Gasteiger partial charge in [-0.05, 0) is 98.4 Å². The molecule has 1 heterocycles. The van der Waals surface area contributed by atoms with Gasteiger partial charge in [0.2, 0.25) is 0 Å². The van der Waals surface area contributed by atoms with Gasteiger partial charge in [0, 0.05) is 27.4 Å². The van der Waals surface area contributed by atoms with Crippen molar-refractivity contribution < 1.29 is 0 Å². The zero-order chi connectivity index (χ0) is 28.5. The summed E-state index contributed by atoms with van der Waals surface area (Å²) >= 11 is 12.7. The van der Waals surface area contributed by atoms with E-state index in [1.165, 1.54) is 35.1 Å². The lowest BCUT2D eigenvalue weighted by Gasteiger charge is -2.44. The third-order valence-corrected chi connectivity index (χ3v) is 9.62. The first kappa shape index (κ1) is 29.9. The highest BCUT2D eigenvalue weighted by Crippen LogP contribution is 2.44. The van der Waals surface area contributed by atoms with Crippen LogP contribution in [0.2, 0.25) is 10.0 Å². The summed E-state index contributed by atoms with van der Waals surface area (Å²) in [5.74, 6) is 0. The van der Waals surface area contributed by atoms with Gasteiger partial charge in [-0.2, -0.15) is 0 Å². The minimum atomic E-state index is -0.313. The molecule has 0 aliphatic carbocycles. The number of benzene rings is 4. The van der Waals surface area contributed by atoms with Gasteiger partial charge >= 0.3 is 0 Å². The number of rotatable bonds is 12. The van der Waals surface area contributed by atoms with E-state index in [0.717, 1.165) is 62.0 Å². The van der Waals surface area contributed by atoms with Crippen LogP contribution in [-0.2, 0) is 10.8 Å². The van der Waals surface area contributed by atoms with Crippen LogP contribution in [0.1, 0.15) is 61.3 Å². The maximum absolute atomic E-state index is 6.37. The van der Waals surface area contributed by atoms with E-state index in [0.29, 0.717) is 0 Å². The van der Waals surface area contributed by atoms with Crippen LogP contribution in [0.4, 0.5) is 0 Å². The third-order valence-electron chi connectivity index (χ3n) is 9.11. The van der Waals surface area contributed by atoms with Gasteiger partial charge in [-0.3, -0.25) is 0 Å². The van der Waals surface area contributed by atoms with Crippen LogP contribution in [0, 0.1) is 0 Å². The van der Waals surface area contributed by atoms with E-state index in [9.17, 15) is 0 Å². The zero-order valence-corrected chi connectivity index (χ0v) is 25.7. The predicted octanol–water partition coefficient (Wildman–Crippen LogP) is 9.14. The fraction of sp³-hybridized carbons (Fsp3) is 0.351. The van der Waals surface area contributed by atoms with Crippen LogP contribution in [-0.4, -0.2) is 37.6 Å². The fourth-order valence-corrected chi connectivity index (χ4v) is 6.90. The summed E-state index contributed by atoms with van der Waals surface area (Å²) in [6, 6.07) is 39.0. The minimum Gasteiger partial charge on any atom is -0.316 e. The van der Waals surface area contributed by atoms with Gasteiger partial charge in [0.15, 0.2) is 0 Å². The molecule has 4 aromatic rings. The molecule has 41 heavy (non-hydrogen) atoms. The number of unbranched alkanes of at least 4 members (excludes halogenated alkanes) is 1. The Balaban J connectivity index is 1.42. The SMILES string of the molecule is CCCCNCC1(c2ccccc2)CCN(CCC(c2ccccc2)(c2ccc(Cl)cc2)c2ccc(Cl)cc2)CC1. The zero-order valence-electron chi connectivity index (χ0n) is 24.2. The van der Waals surface area contributed by atoms with Crippen LogP contribution in [0.5, 0.6) is 0 Å². The molecule has 0 radical (unpaired) electrons. The van der Waals surface area contributed by atoms with E-state index >= 15 is 0 Å². The highest BCUT2D eigenvalue weighted by molar-refractivity contribution is 6.30. The van der Waals surface area contributed by atoms with Gasteiger partial charge < -0.3 is 10.2 Å². The number of likely N-dealkylation sites (tertiary alicyclic amines) is 1. The van der Waals surface area contributed by atoms with Crippen molar-refractivity contribution in [2.45, 2.75) is 49.9 Å². The van der Waals surface area contributed by atoms with E-state index in [1.54, 1.807) is 0 Å². The first-order valence-electron chi connectivity index (χ1n) is 15.1. The summed E-state index contributed by atoms with van der Waals surface area (Å²) in [5.41, 5.74) is 5.16. The van der Waals surface area contributed by atoms with Crippen LogP contribution in [0.15, 0.2) is 109 Å². The van der Waals surface area contributed by atoms with E-state index in [4.69, 9.17) is 23.2 Å². The monoisotopic (exact) mass is 584 g/mol. The molecule has 0 unspecified atom stereocenters. The van der Waals surface area contributed by atoms with Gasteiger partial charge in [0.25, 0.3) is 0 Å². The Morgan fingerprint density at radius 3 is 1.76 bits per heavy atom. The van der Waals surface area contributed by atoms with E-state index in [-0.39, 0.29) is 10.8 Å². The molecule has 1 aliphatic rings. The molecule has 0 saturated carbocycles. The number of hydrogen-bond donors (Lipinski definition) is 1. The Bertz CT molecular complexity index is 1280. The second-order valence-corrected chi connectivity index (χ2v) is 12.4. The van der Waals surface area contributed by atoms with Crippen LogP contribution in [0.25, 0.3) is 0 Å². The Hall–Kier alpha value is -2.62. The molecule has 1 fully saturated rings. The topological polar surface area (TPSA) is 15.3 Å². The molecule has 214 valence electrons. The van der Waals surface area contributed by atoms with E-state index in [1.807, 2.05) is 24.3 Å². The summed E-state index contributed by atoms with van der Waals surface area (Å²) in [6.07, 6.45) is 5.75. The summed E-state index contributed by atoms with van der Waals surface area (Å²) in [4.78, 5) is 2.68. The minimum absolute atomic E-state index is 0.189. The molecule has 0 bridgehead atoms. The van der Waals surface area contributed by atoms with Gasteiger partial charge in [-0.25, -0.2) is 0 Å². The number of hydrogen-bond acceptors (Lipinski definition) is 2. The van der Waals surface area contributed by atoms with E-state index < -0.39 is 0 Å². The number of piperidine rings is 1. The van der Waals surface area contributed by atoms with Gasteiger partial charge in [0.05, 0.1) is 0 Å². The maximum atomic E-state index is 6.37. The van der Waals surface area contributed by atoms with Crippen LogP contribution in [0.3, 0.4) is 0 Å². The Morgan fingerprint density at radius 2 is 1.22 bits per heavy atom. The van der Waals surface area contributed by atoms with Crippen LogP contribution >= 0.6 is 23.2 Å². The summed E-state index contributed by atoms with van der Waals surface area (Å²) in [5, 5.41) is 5.31. The fourth-order valence-electron chi connectivity index (χ4n) is 6.64. The Labute approximate surface area is 256 Å². The third kappa shape index (κ3) is 6.89. The first-order valence-corrected chi connectivity index (χ1v) is 15.9. The maximum Gasteiger partial charge on any atom is 0.0463 e. The Morgan fingerprint density at radius 1 is 0.707 bits per heavy atom. The molecule has 0 amide bonds. The van der Waals surface area contributed by atoms with Crippen molar-refractivity contribution >= 4 is 23.2 Å². The van der Waals surface area contributed by atoms with Crippen molar-refractivity contribution in [2.75, 3.05) is 32.7 Å². The lowest BCUT2D eigenvalue weighted by molar-refractivity contribution is 0.150. The van der Waals surface area contributed by atoms with Crippen molar-refractivity contribution in [3.8, 4) is 0 Å². The normalized spacial score (nSPS) is 15.6. The molecular weight excluding hydrogens is 543 g/mol. The number of nitrogens with one attached hydrogen (secondary N) is 1. The lowest BCUT2D eigenvalue weighted by atomic mass is 9.67. The van der Waals surface area contributed by atoms with Crippen molar-refractivity contribution in [1.29, 1.82) is 0 Å². The van der Waals surface area contributed by atoms with Crippen LogP contribution < -0.4 is 5.32 Å². The largest absolute Gasteiger partial charge is 0.316 e. The molecule has 5 rings (SSSR count). The van der Waals surface area contributed by atoms with Crippen molar-refractivity contribution in [1.82, 2.24) is 10.2 Å². The first-order chi connectivity index (χ1) is 20.1. The van der Waals surface area contributed by atoms with Crippen molar-refractivity contribution in [2.24, 2.45) is 0 Å². The van der Waals surface area contributed by atoms with Gasteiger partial charge in [0.1, 0.15) is 0 Å². The van der Waals surface area contributed by atoms with Gasteiger partial charge in [-0.1, -0.05) is 121 Å². The summed E-state index contributed by atoms with van der Waals surface area (Å²) in [7, 11) is 0. The molecule has 0 aromatic heterocycles. The van der Waals surface area contributed by atoms with Gasteiger partial charge in [-0.15, -0.1) is 0 Å². The van der Waals surface area contributed by atoms with Crippen molar-refractivity contribution in [3.05, 3.63) is 141 Å². The number of nitrogens with zero attached hydrogens (tertiary/aromatic N) is 1. The second-order valence-electron chi connectivity index (χ2n) is 11.6. The van der Waals surface area contributed by atoms with Crippen molar-refractivity contribution in [3.63, 3.8) is 0 Å². The molecule has 4 heteroatoms.